The number of carbonyl (C=O) groups excluding carboxylic acids is 3. The lowest BCUT2D eigenvalue weighted by atomic mass is 10.1. The van der Waals surface area contributed by atoms with E-state index in [-0.39, 0.29) is 18.4 Å². The van der Waals surface area contributed by atoms with Crippen LogP contribution in [0.3, 0.4) is 0 Å². The zero-order chi connectivity index (χ0) is 12.0. The molecule has 2 N–H and O–H groups in total. The molecule has 0 aliphatic carbocycles. The summed E-state index contributed by atoms with van der Waals surface area (Å²) >= 11 is 0. The molecule has 6 heteroatoms. The fourth-order valence-corrected chi connectivity index (χ4v) is 1.72. The van der Waals surface area contributed by atoms with E-state index in [1.165, 1.54) is 18.4 Å². The highest BCUT2D eigenvalue weighted by molar-refractivity contribution is 5.88. The van der Waals surface area contributed by atoms with Crippen LogP contribution < -0.4 is 10.6 Å². The lowest BCUT2D eigenvalue weighted by Crippen LogP contribution is -2.47. The average Bonchev–Trinajstić information content (AvgIpc) is 2.44. The maximum Gasteiger partial charge on any atom is 0.309 e. The average molecular weight is 226 g/mol. The molecule has 1 rings (SSSR count). The summed E-state index contributed by atoms with van der Waals surface area (Å²) in [6.45, 7) is 0.607. The number of hydrogen-bond acceptors (Lipinski definition) is 3. The topological polar surface area (TPSA) is 78.5 Å². The number of carbonyl (C=O) groups is 2. The normalized spacial score (nSPS) is 21.2. The summed E-state index contributed by atoms with van der Waals surface area (Å²) in [4.78, 5) is 34.8. The van der Waals surface area contributed by atoms with Crippen molar-refractivity contribution in [1.82, 2.24) is 15.5 Å². The van der Waals surface area contributed by atoms with E-state index in [0.717, 1.165) is 12.8 Å². The first-order valence-corrected chi connectivity index (χ1v) is 5.31. The Labute approximate surface area is 94.4 Å². The third kappa shape index (κ3) is 3.22. The molecule has 0 aromatic heterocycles. The molecule has 3 amide bonds. The van der Waals surface area contributed by atoms with Crippen LogP contribution in [0.2, 0.25) is 0 Å². The van der Waals surface area contributed by atoms with Crippen molar-refractivity contribution in [2.75, 3.05) is 20.1 Å². The molecule has 1 aliphatic rings. The van der Waals surface area contributed by atoms with Gasteiger partial charge in [-0.3, -0.25) is 14.4 Å². The third-order valence-corrected chi connectivity index (χ3v) is 2.63. The smallest absolute Gasteiger partial charge is 0.309 e. The molecule has 6 nitrogen and oxygen atoms in total. The van der Waals surface area contributed by atoms with Crippen molar-refractivity contribution in [1.29, 1.82) is 0 Å². The maximum absolute atomic E-state index is 11.9. The van der Waals surface area contributed by atoms with Crippen molar-refractivity contribution >= 4 is 18.2 Å². The summed E-state index contributed by atoms with van der Waals surface area (Å²) in [7, 11) is 1.53. The van der Waals surface area contributed by atoms with Crippen molar-refractivity contribution < 1.29 is 14.4 Å². The van der Waals surface area contributed by atoms with E-state index in [4.69, 9.17) is 0 Å². The number of nitrogens with zero attached hydrogens (tertiary/aromatic N) is 1. The minimum atomic E-state index is -0.537. The van der Waals surface area contributed by atoms with Crippen LogP contribution in [0.1, 0.15) is 19.3 Å². The molecule has 0 spiro atoms. The van der Waals surface area contributed by atoms with Crippen LogP contribution >= 0.6 is 0 Å². The number of rotatable bonds is 4. The Morgan fingerprint density at radius 3 is 2.94 bits per heavy atom. The Morgan fingerprint density at radius 2 is 2.31 bits per heavy atom. The largest absolute Gasteiger partial charge is 0.358 e. The van der Waals surface area contributed by atoms with E-state index in [2.05, 4.69) is 10.6 Å². The summed E-state index contributed by atoms with van der Waals surface area (Å²) in [5.41, 5.74) is 0. The number of likely N-dealkylation sites (tertiary alicyclic amines) is 1. The van der Waals surface area contributed by atoms with Gasteiger partial charge in [-0.2, -0.15) is 0 Å². The Balaban J connectivity index is 2.63. The second-order valence-corrected chi connectivity index (χ2v) is 3.73. The van der Waals surface area contributed by atoms with Crippen LogP contribution in [-0.4, -0.2) is 49.3 Å². The lowest BCUT2D eigenvalue weighted by molar-refractivity contribution is -0.136. The van der Waals surface area contributed by atoms with E-state index in [1.54, 1.807) is 0 Å². The molecule has 0 unspecified atom stereocenters. The van der Waals surface area contributed by atoms with Gasteiger partial charge in [0.15, 0.2) is 0 Å². The van der Waals surface area contributed by atoms with Gasteiger partial charge in [-0.1, -0.05) is 0 Å². The highest BCUT2D eigenvalue weighted by atomic mass is 16.2. The molecule has 0 saturated carbocycles. The first-order chi connectivity index (χ1) is 7.69. The number of amides is 3. The Morgan fingerprint density at radius 1 is 1.56 bits per heavy atom. The molecule has 1 radical (unpaired) electrons. The van der Waals surface area contributed by atoms with Gasteiger partial charge in [0.1, 0.15) is 6.04 Å². The predicted molar refractivity (Wildman–Crippen MR) is 57.1 cm³/mol. The molecule has 1 saturated heterocycles. The summed E-state index contributed by atoms with van der Waals surface area (Å²) in [6.07, 6.45) is 3.85. The lowest BCUT2D eigenvalue weighted by Gasteiger charge is -2.22. The summed E-state index contributed by atoms with van der Waals surface area (Å²) in [5, 5.41) is 4.84. The molecular weight excluding hydrogens is 210 g/mol. The van der Waals surface area contributed by atoms with Gasteiger partial charge in [-0.25, -0.2) is 0 Å². The highest BCUT2D eigenvalue weighted by Crippen LogP contribution is 2.11. The molecule has 1 heterocycles. The number of hydrogen-bond donors (Lipinski definition) is 2. The quantitative estimate of drug-likeness (QED) is 0.589. The van der Waals surface area contributed by atoms with Crippen LogP contribution in [0.4, 0.5) is 0 Å². The van der Waals surface area contributed by atoms with Gasteiger partial charge in [0.05, 0.1) is 6.54 Å². The summed E-state index contributed by atoms with van der Waals surface area (Å²) < 4.78 is 0. The van der Waals surface area contributed by atoms with Gasteiger partial charge >= 0.3 is 6.41 Å². The molecule has 0 aromatic carbocycles. The third-order valence-electron chi connectivity index (χ3n) is 2.63. The van der Waals surface area contributed by atoms with Gasteiger partial charge in [0.2, 0.25) is 11.8 Å². The standard InChI is InChI=1S/C10H16N3O3/c1-11-9(15)6-13-5-3-2-4-8(10(13)16)12-7-14/h8H,2-6H2,1H3,(H,11,15)(H,12,14)/t8-/m0/s1. The molecule has 16 heavy (non-hydrogen) atoms. The second kappa shape index (κ2) is 6.09. The SMILES string of the molecule is CNC(=O)CN1CCCC[C@H](N[C]=O)C1=O. The van der Waals surface area contributed by atoms with Gasteiger partial charge in [-0.05, 0) is 19.3 Å². The molecule has 1 atom stereocenters. The Hall–Kier alpha value is -1.59. The zero-order valence-corrected chi connectivity index (χ0v) is 9.28. The van der Waals surface area contributed by atoms with Crippen molar-refractivity contribution in [2.24, 2.45) is 0 Å². The molecule has 1 fully saturated rings. The van der Waals surface area contributed by atoms with Crippen LogP contribution in [0.15, 0.2) is 0 Å². The summed E-state index contributed by atoms with van der Waals surface area (Å²) in [6, 6.07) is -0.537. The van der Waals surface area contributed by atoms with E-state index in [9.17, 15) is 14.4 Å². The minimum absolute atomic E-state index is 0.0480. The van der Waals surface area contributed by atoms with Gasteiger partial charge in [-0.15, -0.1) is 0 Å². The number of nitrogens with one attached hydrogen (secondary N) is 2. The van der Waals surface area contributed by atoms with Crippen molar-refractivity contribution in [3.63, 3.8) is 0 Å². The molecule has 0 aromatic rings. The Kier molecular flexibility index (Phi) is 4.75. The summed E-state index contributed by atoms with van der Waals surface area (Å²) in [5.74, 6) is -0.409. The van der Waals surface area contributed by atoms with Gasteiger partial charge in [0.25, 0.3) is 0 Å². The van der Waals surface area contributed by atoms with Crippen LogP contribution in [0, 0.1) is 0 Å². The molecule has 0 bridgehead atoms. The van der Waals surface area contributed by atoms with Gasteiger partial charge < -0.3 is 15.5 Å². The van der Waals surface area contributed by atoms with Crippen LogP contribution in [0.5, 0.6) is 0 Å². The fourth-order valence-electron chi connectivity index (χ4n) is 1.72. The highest BCUT2D eigenvalue weighted by Gasteiger charge is 2.27. The van der Waals surface area contributed by atoms with Crippen LogP contribution in [0.25, 0.3) is 0 Å². The van der Waals surface area contributed by atoms with Crippen molar-refractivity contribution in [3.8, 4) is 0 Å². The van der Waals surface area contributed by atoms with E-state index in [0.29, 0.717) is 13.0 Å². The molecule has 89 valence electrons. The molecular formula is C10H16N3O3. The zero-order valence-electron chi connectivity index (χ0n) is 9.28. The molecule has 1 aliphatic heterocycles. The van der Waals surface area contributed by atoms with Crippen molar-refractivity contribution in [2.45, 2.75) is 25.3 Å². The van der Waals surface area contributed by atoms with E-state index >= 15 is 0 Å². The monoisotopic (exact) mass is 226 g/mol. The van der Waals surface area contributed by atoms with Crippen LogP contribution in [-0.2, 0) is 14.4 Å². The minimum Gasteiger partial charge on any atom is -0.358 e. The predicted octanol–water partition coefficient (Wildman–Crippen LogP) is -1.23. The fraction of sp³-hybridized carbons (Fsp3) is 0.700. The van der Waals surface area contributed by atoms with E-state index < -0.39 is 6.04 Å². The second-order valence-electron chi connectivity index (χ2n) is 3.73. The van der Waals surface area contributed by atoms with E-state index in [1.807, 2.05) is 0 Å². The number of likely N-dealkylation sites (N-methyl/N-ethyl adjacent to an activating group) is 1. The first kappa shape index (κ1) is 12.5. The van der Waals surface area contributed by atoms with Crippen molar-refractivity contribution in [3.05, 3.63) is 0 Å². The maximum atomic E-state index is 11.9. The Bertz CT molecular complexity index is 280. The first-order valence-electron chi connectivity index (χ1n) is 5.31. The van der Waals surface area contributed by atoms with Gasteiger partial charge in [0, 0.05) is 13.6 Å².